The monoisotopic (exact) mass is 341 g/mol. The second kappa shape index (κ2) is 7.65. The van der Waals surface area contributed by atoms with E-state index in [1.807, 2.05) is 35.2 Å². The molecule has 0 atom stereocenters. The zero-order valence-corrected chi connectivity index (χ0v) is 13.7. The first-order valence-electron chi connectivity index (χ1n) is 8.09. The summed E-state index contributed by atoms with van der Waals surface area (Å²) in [4.78, 5) is 26.5. The molecule has 1 aliphatic heterocycles. The molecule has 1 heterocycles. The van der Waals surface area contributed by atoms with Gasteiger partial charge in [-0.1, -0.05) is 42.5 Å². The molecule has 2 aromatic carbocycles. The molecule has 0 N–H and O–H groups in total. The van der Waals surface area contributed by atoms with Crippen LogP contribution in [0.1, 0.15) is 5.56 Å². The molecule has 3 rings (SSSR count). The molecule has 1 amide bonds. The van der Waals surface area contributed by atoms with Crippen LogP contribution in [0.3, 0.4) is 0 Å². The van der Waals surface area contributed by atoms with Gasteiger partial charge in [0.1, 0.15) is 12.3 Å². The van der Waals surface area contributed by atoms with E-state index in [0.717, 1.165) is 5.56 Å². The highest BCUT2D eigenvalue weighted by Crippen LogP contribution is 2.28. The standard InChI is InChI=1S/C18H19N3O4/c22-18(25-14-15-6-2-1-3-7-15)20-12-10-19(11-13-20)16-8-4-5-9-17(16)21(23)24/h1-9H,10-14H2. The quantitative estimate of drug-likeness (QED) is 0.631. The lowest BCUT2D eigenvalue weighted by molar-refractivity contribution is -0.384. The first kappa shape index (κ1) is 16.8. The maximum Gasteiger partial charge on any atom is 0.410 e. The van der Waals surface area contributed by atoms with Gasteiger partial charge in [-0.15, -0.1) is 0 Å². The fraction of sp³-hybridized carbons (Fsp3) is 0.278. The van der Waals surface area contributed by atoms with Gasteiger partial charge in [0, 0.05) is 32.2 Å². The van der Waals surface area contributed by atoms with Crippen LogP contribution in [0.4, 0.5) is 16.2 Å². The van der Waals surface area contributed by atoms with Crippen LogP contribution in [-0.2, 0) is 11.3 Å². The average Bonchev–Trinajstić information content (AvgIpc) is 2.67. The number of nitro groups is 1. The third-order valence-electron chi connectivity index (χ3n) is 4.16. The highest BCUT2D eigenvalue weighted by molar-refractivity contribution is 5.69. The summed E-state index contributed by atoms with van der Waals surface area (Å²) in [6.07, 6.45) is -0.355. The summed E-state index contributed by atoms with van der Waals surface area (Å²) in [5.74, 6) is 0. The Morgan fingerprint density at radius 3 is 2.32 bits per heavy atom. The number of hydrogen-bond donors (Lipinski definition) is 0. The summed E-state index contributed by atoms with van der Waals surface area (Å²) < 4.78 is 5.33. The Bertz CT molecular complexity index is 743. The zero-order valence-electron chi connectivity index (χ0n) is 13.7. The maximum atomic E-state index is 12.2. The van der Waals surface area contributed by atoms with Crippen LogP contribution in [0.5, 0.6) is 0 Å². The second-order valence-electron chi connectivity index (χ2n) is 5.76. The average molecular weight is 341 g/mol. The van der Waals surface area contributed by atoms with Crippen LogP contribution >= 0.6 is 0 Å². The zero-order chi connectivity index (χ0) is 17.6. The van der Waals surface area contributed by atoms with Gasteiger partial charge >= 0.3 is 6.09 Å². The normalized spacial score (nSPS) is 14.2. The van der Waals surface area contributed by atoms with E-state index < -0.39 is 0 Å². The van der Waals surface area contributed by atoms with Crippen molar-refractivity contribution in [2.75, 3.05) is 31.1 Å². The van der Waals surface area contributed by atoms with Crippen molar-refractivity contribution in [1.29, 1.82) is 0 Å². The van der Waals surface area contributed by atoms with Crippen LogP contribution in [0.15, 0.2) is 54.6 Å². The Balaban J connectivity index is 1.55. The molecule has 25 heavy (non-hydrogen) atoms. The molecule has 0 radical (unpaired) electrons. The van der Waals surface area contributed by atoms with Crippen molar-refractivity contribution in [3.63, 3.8) is 0 Å². The minimum atomic E-state index is -0.379. The lowest BCUT2D eigenvalue weighted by atomic mass is 10.2. The number of rotatable bonds is 4. The number of ether oxygens (including phenoxy) is 1. The van der Waals surface area contributed by atoms with Gasteiger partial charge in [-0.25, -0.2) is 4.79 Å². The number of carbonyl (C=O) groups is 1. The van der Waals surface area contributed by atoms with Gasteiger partial charge in [-0.05, 0) is 11.6 Å². The molecule has 1 saturated heterocycles. The molecule has 0 unspecified atom stereocenters. The van der Waals surface area contributed by atoms with Gasteiger partial charge in [0.25, 0.3) is 5.69 Å². The van der Waals surface area contributed by atoms with Gasteiger partial charge in [0.2, 0.25) is 0 Å². The molecule has 7 heteroatoms. The smallest absolute Gasteiger partial charge is 0.410 e. The minimum absolute atomic E-state index is 0.0857. The van der Waals surface area contributed by atoms with E-state index in [2.05, 4.69) is 0 Å². The number of piperazine rings is 1. The number of carbonyl (C=O) groups excluding carboxylic acids is 1. The Morgan fingerprint density at radius 1 is 1.00 bits per heavy atom. The van der Waals surface area contributed by atoms with Crippen molar-refractivity contribution in [2.24, 2.45) is 0 Å². The Hall–Kier alpha value is -3.09. The van der Waals surface area contributed by atoms with E-state index in [4.69, 9.17) is 4.74 Å². The van der Waals surface area contributed by atoms with E-state index in [0.29, 0.717) is 31.9 Å². The van der Waals surface area contributed by atoms with Crippen molar-refractivity contribution in [2.45, 2.75) is 6.61 Å². The van der Waals surface area contributed by atoms with Crippen molar-refractivity contribution in [3.05, 3.63) is 70.3 Å². The number of benzene rings is 2. The van der Waals surface area contributed by atoms with E-state index in [-0.39, 0.29) is 23.3 Å². The third kappa shape index (κ3) is 4.06. The summed E-state index contributed by atoms with van der Waals surface area (Å²) in [5, 5.41) is 11.2. The number of amides is 1. The summed E-state index contributed by atoms with van der Waals surface area (Å²) in [6, 6.07) is 16.2. The molecule has 0 bridgehead atoms. The molecule has 1 fully saturated rings. The van der Waals surface area contributed by atoms with Crippen molar-refractivity contribution in [1.82, 2.24) is 4.90 Å². The molecule has 0 spiro atoms. The van der Waals surface area contributed by atoms with E-state index >= 15 is 0 Å². The fourth-order valence-electron chi connectivity index (χ4n) is 2.83. The summed E-state index contributed by atoms with van der Waals surface area (Å²) >= 11 is 0. The second-order valence-corrected chi connectivity index (χ2v) is 5.76. The molecule has 1 aliphatic rings. The van der Waals surface area contributed by atoms with Crippen LogP contribution in [-0.4, -0.2) is 42.1 Å². The molecule has 7 nitrogen and oxygen atoms in total. The number of para-hydroxylation sites is 2. The Morgan fingerprint density at radius 2 is 1.64 bits per heavy atom. The molecular weight excluding hydrogens is 322 g/mol. The molecule has 0 aliphatic carbocycles. The number of nitro benzene ring substituents is 1. The molecule has 130 valence electrons. The number of nitrogens with zero attached hydrogens (tertiary/aromatic N) is 3. The lowest BCUT2D eigenvalue weighted by Crippen LogP contribution is -2.49. The largest absolute Gasteiger partial charge is 0.445 e. The van der Waals surface area contributed by atoms with Crippen molar-refractivity contribution < 1.29 is 14.5 Å². The van der Waals surface area contributed by atoms with Gasteiger partial charge in [0.05, 0.1) is 4.92 Å². The summed E-state index contributed by atoms with van der Waals surface area (Å²) in [7, 11) is 0. The molecule has 0 aromatic heterocycles. The maximum absolute atomic E-state index is 12.2. The molecule has 0 saturated carbocycles. The van der Waals surface area contributed by atoms with Crippen LogP contribution < -0.4 is 4.90 Å². The molecular formula is C18H19N3O4. The van der Waals surface area contributed by atoms with Gasteiger partial charge in [0.15, 0.2) is 0 Å². The van der Waals surface area contributed by atoms with Crippen molar-refractivity contribution in [3.8, 4) is 0 Å². The summed E-state index contributed by atoms with van der Waals surface area (Å²) in [6.45, 7) is 2.25. The Labute approximate surface area is 145 Å². The van der Waals surface area contributed by atoms with E-state index in [1.54, 1.807) is 23.1 Å². The predicted molar refractivity (Wildman–Crippen MR) is 93.5 cm³/mol. The fourth-order valence-corrected chi connectivity index (χ4v) is 2.83. The van der Waals surface area contributed by atoms with Crippen LogP contribution in [0, 0.1) is 10.1 Å². The van der Waals surface area contributed by atoms with E-state index in [1.165, 1.54) is 6.07 Å². The minimum Gasteiger partial charge on any atom is -0.445 e. The number of hydrogen-bond acceptors (Lipinski definition) is 5. The summed E-state index contributed by atoms with van der Waals surface area (Å²) in [5.41, 5.74) is 1.61. The van der Waals surface area contributed by atoms with Crippen LogP contribution in [0.2, 0.25) is 0 Å². The highest BCUT2D eigenvalue weighted by atomic mass is 16.6. The third-order valence-corrected chi connectivity index (χ3v) is 4.16. The van der Waals surface area contributed by atoms with Crippen molar-refractivity contribution >= 4 is 17.5 Å². The van der Waals surface area contributed by atoms with Gasteiger partial charge in [-0.2, -0.15) is 0 Å². The van der Waals surface area contributed by atoms with Gasteiger partial charge < -0.3 is 14.5 Å². The predicted octanol–water partition coefficient (Wildman–Crippen LogP) is 3.05. The van der Waals surface area contributed by atoms with Gasteiger partial charge in [-0.3, -0.25) is 10.1 Å². The topological polar surface area (TPSA) is 75.9 Å². The first-order chi connectivity index (χ1) is 12.1. The first-order valence-corrected chi connectivity index (χ1v) is 8.09. The van der Waals surface area contributed by atoms with Crippen LogP contribution in [0.25, 0.3) is 0 Å². The number of anilines is 1. The highest BCUT2D eigenvalue weighted by Gasteiger charge is 2.26. The lowest BCUT2D eigenvalue weighted by Gasteiger charge is -2.35. The molecule has 2 aromatic rings. The van der Waals surface area contributed by atoms with E-state index in [9.17, 15) is 14.9 Å². The Kier molecular flexibility index (Phi) is 5.13. The SMILES string of the molecule is O=C(OCc1ccccc1)N1CCN(c2ccccc2[N+](=O)[O-])CC1.